The van der Waals surface area contributed by atoms with Crippen LogP contribution in [0, 0.1) is 0 Å². The van der Waals surface area contributed by atoms with Crippen LogP contribution in [0.2, 0.25) is 0 Å². The second-order valence-corrected chi connectivity index (χ2v) is 6.96. The van der Waals surface area contributed by atoms with E-state index < -0.39 is 0 Å². The molecule has 0 unspecified atom stereocenters. The van der Waals surface area contributed by atoms with Gasteiger partial charge in [-0.05, 0) is 25.0 Å². The highest BCUT2D eigenvalue weighted by atomic mass is 79.9. The highest BCUT2D eigenvalue weighted by Gasteiger charge is 2.34. The van der Waals surface area contributed by atoms with E-state index in [0.29, 0.717) is 40.4 Å². The Morgan fingerprint density at radius 3 is 2.08 bits per heavy atom. The molecule has 0 N–H and O–H groups in total. The monoisotopic (exact) mass is 416 g/mol. The number of carbonyl (C=O) groups is 2. The zero-order chi connectivity index (χ0) is 18.5. The summed E-state index contributed by atoms with van der Waals surface area (Å²) in [5, 5.41) is 1.01. The second-order valence-electron chi connectivity index (χ2n) is 6.17. The van der Waals surface area contributed by atoms with Crippen LogP contribution in [0.25, 0.3) is 0 Å². The van der Waals surface area contributed by atoms with Gasteiger partial charge in [0.1, 0.15) is 11.5 Å². The number of ether oxygens (including phenoxy) is 2. The summed E-state index contributed by atoms with van der Waals surface area (Å²) >= 11 is 3.42. The second kappa shape index (κ2) is 8.49. The highest BCUT2D eigenvalue weighted by Crippen LogP contribution is 2.37. The van der Waals surface area contributed by atoms with E-state index in [4.69, 9.17) is 9.47 Å². The molecule has 2 aromatic carbocycles. The Balaban J connectivity index is 1.87. The number of fused-ring (bicyclic) bond motifs is 2. The summed E-state index contributed by atoms with van der Waals surface area (Å²) in [5.41, 5.74) is 1.44. The minimum Gasteiger partial charge on any atom is -0.496 e. The van der Waals surface area contributed by atoms with Gasteiger partial charge < -0.3 is 9.47 Å². The summed E-state index contributed by atoms with van der Waals surface area (Å²) in [6, 6.07) is 10.3. The molecule has 0 radical (unpaired) electrons. The van der Waals surface area contributed by atoms with Gasteiger partial charge in [0.05, 0.1) is 24.8 Å². The lowest BCUT2D eigenvalue weighted by Crippen LogP contribution is -2.22. The van der Waals surface area contributed by atoms with E-state index in [0.717, 1.165) is 31.0 Å². The number of hydrogen-bond acceptors (Lipinski definition) is 4. The number of methoxy groups -OCH3 is 1. The predicted molar refractivity (Wildman–Crippen MR) is 104 cm³/mol. The molecule has 0 saturated carbocycles. The minimum absolute atomic E-state index is 0.170. The van der Waals surface area contributed by atoms with Crippen molar-refractivity contribution in [2.45, 2.75) is 25.7 Å². The number of halogens is 1. The SMILES string of the molecule is COc1cccc2c1C(=O)c1c(OCCCCCCBr)cccc1C2=O. The van der Waals surface area contributed by atoms with E-state index in [1.807, 2.05) is 0 Å². The molecule has 4 nitrogen and oxygen atoms in total. The molecule has 3 rings (SSSR count). The molecular formula is C21H21BrO4. The molecule has 0 atom stereocenters. The van der Waals surface area contributed by atoms with Crippen molar-refractivity contribution in [2.75, 3.05) is 19.0 Å². The van der Waals surface area contributed by atoms with Crippen LogP contribution in [0.5, 0.6) is 11.5 Å². The topological polar surface area (TPSA) is 52.6 Å². The summed E-state index contributed by atoms with van der Waals surface area (Å²) < 4.78 is 11.2. The first-order valence-corrected chi connectivity index (χ1v) is 9.89. The molecule has 1 aliphatic carbocycles. The highest BCUT2D eigenvalue weighted by molar-refractivity contribution is 9.09. The van der Waals surface area contributed by atoms with Crippen LogP contribution in [0.4, 0.5) is 0 Å². The van der Waals surface area contributed by atoms with Gasteiger partial charge in [0.2, 0.25) is 5.78 Å². The molecular weight excluding hydrogens is 396 g/mol. The average Bonchev–Trinajstić information content (AvgIpc) is 2.68. The van der Waals surface area contributed by atoms with E-state index >= 15 is 0 Å². The Hall–Kier alpha value is -2.14. The lowest BCUT2D eigenvalue weighted by atomic mass is 9.83. The van der Waals surface area contributed by atoms with Crippen molar-refractivity contribution in [3.63, 3.8) is 0 Å². The van der Waals surface area contributed by atoms with Crippen molar-refractivity contribution in [1.29, 1.82) is 0 Å². The Labute approximate surface area is 161 Å². The molecule has 26 heavy (non-hydrogen) atoms. The number of rotatable bonds is 8. The first-order chi connectivity index (χ1) is 12.7. The van der Waals surface area contributed by atoms with Crippen molar-refractivity contribution >= 4 is 27.5 Å². The summed E-state index contributed by atoms with van der Waals surface area (Å²) in [4.78, 5) is 26.0. The van der Waals surface area contributed by atoms with Gasteiger partial charge >= 0.3 is 0 Å². The maximum atomic E-state index is 13.1. The Morgan fingerprint density at radius 2 is 1.42 bits per heavy atom. The fraction of sp³-hybridized carbons (Fsp3) is 0.333. The van der Waals surface area contributed by atoms with Crippen molar-refractivity contribution in [1.82, 2.24) is 0 Å². The molecule has 5 heteroatoms. The fourth-order valence-corrected chi connectivity index (χ4v) is 3.60. The smallest absolute Gasteiger partial charge is 0.201 e. The maximum Gasteiger partial charge on any atom is 0.201 e. The van der Waals surface area contributed by atoms with Crippen LogP contribution >= 0.6 is 15.9 Å². The van der Waals surface area contributed by atoms with Crippen molar-refractivity contribution in [3.05, 3.63) is 58.7 Å². The van der Waals surface area contributed by atoms with E-state index in [-0.39, 0.29) is 11.6 Å². The van der Waals surface area contributed by atoms with Crippen molar-refractivity contribution in [2.24, 2.45) is 0 Å². The van der Waals surface area contributed by atoms with Gasteiger partial charge in [0.15, 0.2) is 5.78 Å². The molecule has 1 aliphatic rings. The third-order valence-corrected chi connectivity index (χ3v) is 5.06. The van der Waals surface area contributed by atoms with Gasteiger partial charge in [-0.25, -0.2) is 0 Å². The Kier molecular flexibility index (Phi) is 6.09. The molecule has 0 amide bonds. The first-order valence-electron chi connectivity index (χ1n) is 8.77. The molecule has 0 saturated heterocycles. The van der Waals surface area contributed by atoms with Crippen molar-refractivity contribution < 1.29 is 19.1 Å². The van der Waals surface area contributed by atoms with Gasteiger partial charge in [-0.3, -0.25) is 9.59 Å². The molecule has 0 aliphatic heterocycles. The third-order valence-electron chi connectivity index (χ3n) is 4.50. The van der Waals surface area contributed by atoms with Gasteiger partial charge in [0, 0.05) is 16.5 Å². The number of alkyl halides is 1. The largest absolute Gasteiger partial charge is 0.496 e. The van der Waals surface area contributed by atoms with Crippen LogP contribution in [-0.2, 0) is 0 Å². The zero-order valence-corrected chi connectivity index (χ0v) is 16.3. The summed E-state index contributed by atoms with van der Waals surface area (Å²) in [7, 11) is 1.50. The standard InChI is InChI=1S/C21H21BrO4/c1-25-16-10-6-8-14-18(16)21(24)19-15(20(14)23)9-7-11-17(19)26-13-5-3-2-4-12-22/h6-11H,2-5,12-13H2,1H3. The average molecular weight is 417 g/mol. The molecule has 2 aromatic rings. The van der Waals surface area contributed by atoms with E-state index in [1.165, 1.54) is 7.11 Å². The van der Waals surface area contributed by atoms with Crippen LogP contribution in [0.3, 0.4) is 0 Å². The quantitative estimate of drug-likeness (QED) is 0.390. The van der Waals surface area contributed by atoms with Gasteiger partial charge in [0.25, 0.3) is 0 Å². The number of hydrogen-bond donors (Lipinski definition) is 0. The zero-order valence-electron chi connectivity index (χ0n) is 14.7. The lowest BCUT2D eigenvalue weighted by Gasteiger charge is -2.21. The van der Waals surface area contributed by atoms with Crippen LogP contribution in [0.1, 0.15) is 57.5 Å². The summed E-state index contributed by atoms with van der Waals surface area (Å²) in [6.07, 6.45) is 4.27. The predicted octanol–water partition coefficient (Wildman–Crippen LogP) is 4.80. The minimum atomic E-state index is -0.220. The number of benzene rings is 2. The Bertz CT molecular complexity index is 829. The molecule has 136 valence electrons. The molecule has 0 heterocycles. The van der Waals surface area contributed by atoms with Crippen LogP contribution in [0.15, 0.2) is 36.4 Å². The number of unbranched alkanes of at least 4 members (excludes halogenated alkanes) is 3. The van der Waals surface area contributed by atoms with Gasteiger partial charge in [-0.15, -0.1) is 0 Å². The third kappa shape index (κ3) is 3.54. The Morgan fingerprint density at radius 1 is 0.808 bits per heavy atom. The van der Waals surface area contributed by atoms with Crippen LogP contribution in [-0.4, -0.2) is 30.6 Å². The number of carbonyl (C=O) groups excluding carboxylic acids is 2. The van der Waals surface area contributed by atoms with Gasteiger partial charge in [-0.2, -0.15) is 0 Å². The summed E-state index contributed by atoms with van der Waals surface area (Å²) in [5.74, 6) is 0.493. The molecule has 0 bridgehead atoms. The maximum absolute atomic E-state index is 13.1. The van der Waals surface area contributed by atoms with E-state index in [2.05, 4.69) is 15.9 Å². The van der Waals surface area contributed by atoms with Gasteiger partial charge in [-0.1, -0.05) is 53.0 Å². The van der Waals surface area contributed by atoms with E-state index in [1.54, 1.807) is 36.4 Å². The lowest BCUT2D eigenvalue weighted by molar-refractivity contribution is 0.0973. The molecule has 0 aromatic heterocycles. The van der Waals surface area contributed by atoms with Crippen molar-refractivity contribution in [3.8, 4) is 11.5 Å². The summed E-state index contributed by atoms with van der Waals surface area (Å²) in [6.45, 7) is 0.527. The fourth-order valence-electron chi connectivity index (χ4n) is 3.20. The van der Waals surface area contributed by atoms with E-state index in [9.17, 15) is 9.59 Å². The van der Waals surface area contributed by atoms with Crippen LogP contribution < -0.4 is 9.47 Å². The first kappa shape index (κ1) is 18.6. The molecule has 0 fully saturated rings. The normalized spacial score (nSPS) is 12.5. The molecule has 0 spiro atoms. The number of ketones is 2.